The molecule has 0 radical (unpaired) electrons. The van der Waals surface area contributed by atoms with Crippen LogP contribution >= 0.6 is 0 Å². The summed E-state index contributed by atoms with van der Waals surface area (Å²) in [7, 11) is 0. The number of likely N-dealkylation sites (tertiary alicyclic amines) is 1. The van der Waals surface area contributed by atoms with Gasteiger partial charge in [-0.3, -0.25) is 9.79 Å². The molecule has 2 aliphatic rings. The molecule has 0 bridgehead atoms. The molecule has 1 amide bonds. The smallest absolute Gasteiger partial charge is 0.223 e. The lowest BCUT2D eigenvalue weighted by Gasteiger charge is -2.19. The van der Waals surface area contributed by atoms with E-state index in [-0.39, 0.29) is 11.8 Å². The second kappa shape index (κ2) is 10.5. The highest BCUT2D eigenvalue weighted by Crippen LogP contribution is 2.28. The standard InChI is InChI=1S/C17H33N5O/c1-2-18-17(20-10-9-19-16(23)15-7-8-15)21-11-14-22-12-5-3-4-6-13-22/h15H,2-14H2,1H3,(H,19,23)(H2,18,20,21). The Morgan fingerprint density at radius 3 is 2.39 bits per heavy atom. The van der Waals surface area contributed by atoms with E-state index in [0.717, 1.165) is 38.4 Å². The maximum absolute atomic E-state index is 11.6. The summed E-state index contributed by atoms with van der Waals surface area (Å²) in [6.45, 7) is 8.59. The summed E-state index contributed by atoms with van der Waals surface area (Å²) in [5.74, 6) is 1.34. The molecule has 2 rings (SSSR count). The molecule has 1 saturated heterocycles. The van der Waals surface area contributed by atoms with Gasteiger partial charge in [0.05, 0.1) is 6.54 Å². The number of nitrogens with one attached hydrogen (secondary N) is 3. The first-order chi connectivity index (χ1) is 11.3. The van der Waals surface area contributed by atoms with Gasteiger partial charge in [0.25, 0.3) is 0 Å². The van der Waals surface area contributed by atoms with Gasteiger partial charge in [0.1, 0.15) is 0 Å². The third kappa shape index (κ3) is 7.68. The molecule has 3 N–H and O–H groups in total. The fourth-order valence-electron chi connectivity index (χ4n) is 2.86. The summed E-state index contributed by atoms with van der Waals surface area (Å²) in [4.78, 5) is 18.7. The van der Waals surface area contributed by atoms with Gasteiger partial charge in [-0.05, 0) is 45.7 Å². The Labute approximate surface area is 140 Å². The first-order valence-electron chi connectivity index (χ1n) is 9.32. The van der Waals surface area contributed by atoms with Gasteiger partial charge in [-0.15, -0.1) is 0 Å². The molecule has 132 valence electrons. The minimum absolute atomic E-state index is 0.204. The van der Waals surface area contributed by atoms with E-state index >= 15 is 0 Å². The third-order valence-corrected chi connectivity index (χ3v) is 4.39. The first kappa shape index (κ1) is 18.0. The monoisotopic (exact) mass is 323 g/mol. The zero-order valence-electron chi connectivity index (χ0n) is 14.6. The van der Waals surface area contributed by atoms with Crippen LogP contribution in [0.15, 0.2) is 4.99 Å². The van der Waals surface area contributed by atoms with Crippen molar-refractivity contribution >= 4 is 11.9 Å². The molecule has 0 aromatic carbocycles. The molecule has 1 aliphatic heterocycles. The predicted octanol–water partition coefficient (Wildman–Crippen LogP) is 0.944. The van der Waals surface area contributed by atoms with Crippen molar-refractivity contribution in [1.82, 2.24) is 20.9 Å². The molecule has 1 aliphatic carbocycles. The maximum Gasteiger partial charge on any atom is 0.223 e. The van der Waals surface area contributed by atoms with E-state index in [1.807, 2.05) is 0 Å². The molecule has 1 saturated carbocycles. The number of hydrogen-bond donors (Lipinski definition) is 3. The molecular weight excluding hydrogens is 290 g/mol. The minimum Gasteiger partial charge on any atom is -0.357 e. The second-order valence-electron chi connectivity index (χ2n) is 6.51. The number of aliphatic imine (C=N–C) groups is 1. The summed E-state index contributed by atoms with van der Waals surface area (Å²) in [6, 6.07) is 0. The van der Waals surface area contributed by atoms with Crippen LogP contribution in [0.1, 0.15) is 45.4 Å². The Hall–Kier alpha value is -1.30. The van der Waals surface area contributed by atoms with Crippen molar-refractivity contribution in [3.8, 4) is 0 Å². The van der Waals surface area contributed by atoms with Crippen LogP contribution in [-0.4, -0.2) is 62.6 Å². The average Bonchev–Trinajstić information content (AvgIpc) is 3.38. The van der Waals surface area contributed by atoms with E-state index in [1.54, 1.807) is 0 Å². The summed E-state index contributed by atoms with van der Waals surface area (Å²) in [5, 5.41) is 9.52. The van der Waals surface area contributed by atoms with Gasteiger partial charge in [0.2, 0.25) is 5.91 Å². The van der Waals surface area contributed by atoms with Crippen LogP contribution in [0.4, 0.5) is 0 Å². The Bertz CT molecular complexity index is 373. The van der Waals surface area contributed by atoms with Crippen molar-refractivity contribution in [3.05, 3.63) is 0 Å². The summed E-state index contributed by atoms with van der Waals surface area (Å²) < 4.78 is 0. The molecule has 0 unspecified atom stereocenters. The normalized spacial score (nSPS) is 20.0. The maximum atomic E-state index is 11.6. The lowest BCUT2D eigenvalue weighted by Crippen LogP contribution is -2.42. The molecule has 0 aromatic heterocycles. The molecule has 23 heavy (non-hydrogen) atoms. The highest BCUT2D eigenvalue weighted by Gasteiger charge is 2.28. The molecular formula is C17H33N5O. The summed E-state index contributed by atoms with van der Waals surface area (Å²) in [5.41, 5.74) is 0. The van der Waals surface area contributed by atoms with Gasteiger partial charge in [-0.25, -0.2) is 0 Å². The van der Waals surface area contributed by atoms with Crippen LogP contribution in [0.3, 0.4) is 0 Å². The molecule has 6 heteroatoms. The van der Waals surface area contributed by atoms with Gasteiger partial charge in [0.15, 0.2) is 5.96 Å². The van der Waals surface area contributed by atoms with E-state index in [4.69, 9.17) is 0 Å². The number of hydrogen-bond acceptors (Lipinski definition) is 3. The summed E-state index contributed by atoms with van der Waals surface area (Å²) in [6.07, 6.45) is 7.50. The lowest BCUT2D eigenvalue weighted by atomic mass is 10.2. The first-order valence-corrected chi connectivity index (χ1v) is 9.32. The highest BCUT2D eigenvalue weighted by molar-refractivity contribution is 5.81. The SMILES string of the molecule is CCNC(=NCCN1CCCCCC1)NCCNC(=O)C1CC1. The second-order valence-corrected chi connectivity index (χ2v) is 6.51. The van der Waals surface area contributed by atoms with Crippen LogP contribution in [0, 0.1) is 5.92 Å². The minimum atomic E-state index is 0.204. The van der Waals surface area contributed by atoms with E-state index in [2.05, 4.69) is 32.8 Å². The van der Waals surface area contributed by atoms with Gasteiger partial charge in [0, 0.05) is 32.1 Å². The van der Waals surface area contributed by atoms with E-state index in [0.29, 0.717) is 13.1 Å². The van der Waals surface area contributed by atoms with Gasteiger partial charge < -0.3 is 20.9 Å². The van der Waals surface area contributed by atoms with Gasteiger partial charge >= 0.3 is 0 Å². The number of amides is 1. The molecule has 2 fully saturated rings. The van der Waals surface area contributed by atoms with E-state index in [9.17, 15) is 4.79 Å². The molecule has 0 atom stereocenters. The fourth-order valence-corrected chi connectivity index (χ4v) is 2.86. The van der Waals surface area contributed by atoms with Crippen LogP contribution in [0.25, 0.3) is 0 Å². The lowest BCUT2D eigenvalue weighted by molar-refractivity contribution is -0.122. The number of carbonyl (C=O) groups excluding carboxylic acids is 1. The zero-order chi connectivity index (χ0) is 16.3. The summed E-state index contributed by atoms with van der Waals surface area (Å²) >= 11 is 0. The van der Waals surface area contributed by atoms with Crippen LogP contribution < -0.4 is 16.0 Å². The van der Waals surface area contributed by atoms with Crippen molar-refractivity contribution in [1.29, 1.82) is 0 Å². The van der Waals surface area contributed by atoms with Crippen molar-refractivity contribution in [3.63, 3.8) is 0 Å². The molecule has 0 spiro atoms. The predicted molar refractivity (Wildman–Crippen MR) is 94.6 cm³/mol. The third-order valence-electron chi connectivity index (χ3n) is 4.39. The van der Waals surface area contributed by atoms with Crippen molar-refractivity contribution in [2.75, 3.05) is 45.8 Å². The zero-order valence-corrected chi connectivity index (χ0v) is 14.6. The van der Waals surface area contributed by atoms with Crippen molar-refractivity contribution in [2.24, 2.45) is 10.9 Å². The van der Waals surface area contributed by atoms with Crippen LogP contribution in [0.2, 0.25) is 0 Å². The average molecular weight is 323 g/mol. The number of carbonyl (C=O) groups is 1. The van der Waals surface area contributed by atoms with Crippen molar-refractivity contribution < 1.29 is 4.79 Å². The van der Waals surface area contributed by atoms with Crippen LogP contribution in [-0.2, 0) is 4.79 Å². The Morgan fingerprint density at radius 2 is 1.74 bits per heavy atom. The number of guanidine groups is 1. The van der Waals surface area contributed by atoms with Gasteiger partial charge in [-0.2, -0.15) is 0 Å². The van der Waals surface area contributed by atoms with Gasteiger partial charge in [-0.1, -0.05) is 12.8 Å². The van der Waals surface area contributed by atoms with E-state index < -0.39 is 0 Å². The number of nitrogens with zero attached hydrogens (tertiary/aromatic N) is 2. The molecule has 6 nitrogen and oxygen atoms in total. The van der Waals surface area contributed by atoms with E-state index in [1.165, 1.54) is 38.8 Å². The molecule has 1 heterocycles. The highest BCUT2D eigenvalue weighted by atomic mass is 16.2. The Balaban J connectivity index is 1.61. The van der Waals surface area contributed by atoms with Crippen LogP contribution in [0.5, 0.6) is 0 Å². The fraction of sp³-hybridized carbons (Fsp3) is 0.882. The number of rotatable bonds is 8. The Morgan fingerprint density at radius 1 is 1.04 bits per heavy atom. The largest absolute Gasteiger partial charge is 0.357 e. The Kier molecular flexibility index (Phi) is 8.21. The topological polar surface area (TPSA) is 68.8 Å². The molecule has 0 aromatic rings. The van der Waals surface area contributed by atoms with Crippen molar-refractivity contribution in [2.45, 2.75) is 45.4 Å². The quantitative estimate of drug-likeness (QED) is 0.353.